The van der Waals surface area contributed by atoms with Gasteiger partial charge in [-0.3, -0.25) is 15.5 Å². The van der Waals surface area contributed by atoms with Crippen LogP contribution in [0.25, 0.3) is 0 Å². The standard InChI is InChI=1S/C23H16ClN5O5/c1-21-18(13-3-6-15(32-2)7-4-13)23(12-27,20(28)34-21)22(10-25,11-26)19(33-21)16-9-14(29(30)31)5-8-17(16)24/h3-9,18-19,28H,1-2H3. The molecule has 170 valence electrons. The number of ether oxygens (including phenoxy) is 3. The van der Waals surface area contributed by atoms with E-state index >= 15 is 0 Å². The van der Waals surface area contributed by atoms with Crippen molar-refractivity contribution in [2.75, 3.05) is 7.11 Å². The van der Waals surface area contributed by atoms with E-state index in [1.165, 1.54) is 26.2 Å². The van der Waals surface area contributed by atoms with Crippen molar-refractivity contribution in [3.63, 3.8) is 0 Å². The molecule has 2 aliphatic rings. The third-order valence-corrected chi connectivity index (χ3v) is 6.78. The third kappa shape index (κ3) is 2.78. The second-order valence-corrected chi connectivity index (χ2v) is 8.47. The van der Waals surface area contributed by atoms with Gasteiger partial charge in [-0.25, -0.2) is 0 Å². The first-order valence-corrected chi connectivity index (χ1v) is 10.3. The summed E-state index contributed by atoms with van der Waals surface area (Å²) in [7, 11) is 1.49. The van der Waals surface area contributed by atoms with Crippen LogP contribution < -0.4 is 4.74 Å². The fourth-order valence-corrected chi connectivity index (χ4v) is 5.12. The van der Waals surface area contributed by atoms with Gasteiger partial charge in [-0.15, -0.1) is 0 Å². The molecule has 2 bridgehead atoms. The Hall–Kier alpha value is -4.17. The highest BCUT2D eigenvalue weighted by Crippen LogP contribution is 2.69. The van der Waals surface area contributed by atoms with E-state index in [0.29, 0.717) is 11.3 Å². The molecule has 2 saturated heterocycles. The molecule has 0 radical (unpaired) electrons. The number of halogens is 1. The average molecular weight is 478 g/mol. The zero-order chi connectivity index (χ0) is 24.9. The Morgan fingerprint density at radius 1 is 1.15 bits per heavy atom. The largest absolute Gasteiger partial charge is 0.497 e. The Labute approximate surface area is 199 Å². The van der Waals surface area contributed by atoms with Gasteiger partial charge in [0, 0.05) is 29.6 Å². The zero-order valence-electron chi connectivity index (χ0n) is 17.9. The van der Waals surface area contributed by atoms with Crippen molar-refractivity contribution in [1.29, 1.82) is 21.2 Å². The second-order valence-electron chi connectivity index (χ2n) is 8.07. The number of nitro groups is 1. The number of methoxy groups -OCH3 is 1. The Bertz CT molecular complexity index is 1330. The number of hydrogen-bond donors (Lipinski definition) is 1. The van der Waals surface area contributed by atoms with Gasteiger partial charge in [0.15, 0.2) is 5.41 Å². The van der Waals surface area contributed by atoms with E-state index in [1.54, 1.807) is 24.3 Å². The lowest BCUT2D eigenvalue weighted by Gasteiger charge is -2.49. The Balaban J connectivity index is 2.02. The lowest BCUT2D eigenvalue weighted by molar-refractivity contribution is -0.385. The fourth-order valence-electron chi connectivity index (χ4n) is 4.91. The summed E-state index contributed by atoms with van der Waals surface area (Å²) in [5.41, 5.74) is -4.35. The number of nitrogens with one attached hydrogen (secondary N) is 1. The van der Waals surface area contributed by atoms with E-state index in [9.17, 15) is 25.9 Å². The number of rotatable bonds is 4. The summed E-state index contributed by atoms with van der Waals surface area (Å²) in [6, 6.07) is 15.9. The minimum atomic E-state index is -2.34. The van der Waals surface area contributed by atoms with Crippen LogP contribution in [0.5, 0.6) is 5.75 Å². The van der Waals surface area contributed by atoms with Crippen LogP contribution in [0.1, 0.15) is 30.1 Å². The van der Waals surface area contributed by atoms with Gasteiger partial charge in [0.05, 0.1) is 36.2 Å². The first-order valence-electron chi connectivity index (χ1n) is 9.91. The lowest BCUT2D eigenvalue weighted by Crippen LogP contribution is -2.57. The topological polar surface area (TPSA) is 166 Å². The average Bonchev–Trinajstić information content (AvgIpc) is 3.01. The molecule has 2 heterocycles. The highest BCUT2D eigenvalue weighted by molar-refractivity contribution is 6.31. The van der Waals surface area contributed by atoms with Gasteiger partial charge in [-0.2, -0.15) is 15.8 Å². The quantitative estimate of drug-likeness (QED) is 0.500. The van der Waals surface area contributed by atoms with Crippen molar-refractivity contribution in [2.45, 2.75) is 24.7 Å². The number of non-ortho nitro benzene ring substituents is 1. The summed E-state index contributed by atoms with van der Waals surface area (Å²) < 4.78 is 17.1. The Morgan fingerprint density at radius 2 is 1.79 bits per heavy atom. The summed E-state index contributed by atoms with van der Waals surface area (Å²) in [5, 5.41) is 51.1. The monoisotopic (exact) mass is 477 g/mol. The van der Waals surface area contributed by atoms with Crippen LogP contribution in [-0.2, 0) is 9.47 Å². The fraction of sp³-hybridized carbons (Fsp3) is 0.304. The van der Waals surface area contributed by atoms with E-state index in [-0.39, 0.29) is 16.3 Å². The van der Waals surface area contributed by atoms with Crippen molar-refractivity contribution in [3.8, 4) is 24.0 Å². The molecule has 2 aromatic rings. The van der Waals surface area contributed by atoms with Crippen LogP contribution >= 0.6 is 11.6 Å². The minimum absolute atomic E-state index is 0.00371. The SMILES string of the molecule is COc1ccc(C2C3(C)OC(=N)C2(C#N)C(C#N)(C#N)C(c2cc([N+](=O)[O-])ccc2Cl)O3)cc1. The minimum Gasteiger partial charge on any atom is -0.497 e. The normalized spacial score (nSPS) is 28.6. The summed E-state index contributed by atoms with van der Waals surface area (Å²) in [6.45, 7) is 1.49. The van der Waals surface area contributed by atoms with Gasteiger partial charge in [-0.1, -0.05) is 23.7 Å². The molecule has 11 heteroatoms. The van der Waals surface area contributed by atoms with Crippen LogP contribution in [0.15, 0.2) is 42.5 Å². The first-order chi connectivity index (χ1) is 16.1. The number of benzene rings is 2. The summed E-state index contributed by atoms with van der Waals surface area (Å²) in [6.07, 6.45) is -1.53. The zero-order valence-corrected chi connectivity index (χ0v) is 18.7. The van der Waals surface area contributed by atoms with Gasteiger partial charge in [-0.05, 0) is 23.8 Å². The van der Waals surface area contributed by atoms with E-state index < -0.39 is 39.5 Å². The molecular weight excluding hydrogens is 462 g/mol. The molecule has 2 fully saturated rings. The van der Waals surface area contributed by atoms with E-state index in [1.807, 2.05) is 18.2 Å². The second kappa shape index (κ2) is 7.71. The van der Waals surface area contributed by atoms with Gasteiger partial charge in [0.25, 0.3) is 5.69 Å². The Kier molecular flexibility index (Phi) is 5.21. The molecule has 34 heavy (non-hydrogen) atoms. The maximum absolute atomic E-state index is 11.4. The smallest absolute Gasteiger partial charge is 0.269 e. The molecule has 4 rings (SSSR count). The van der Waals surface area contributed by atoms with Crippen LogP contribution in [0.4, 0.5) is 5.69 Å². The van der Waals surface area contributed by atoms with Crippen molar-refractivity contribution in [1.82, 2.24) is 0 Å². The van der Waals surface area contributed by atoms with E-state index in [2.05, 4.69) is 0 Å². The van der Waals surface area contributed by atoms with Gasteiger partial charge in [0.1, 0.15) is 11.9 Å². The summed E-state index contributed by atoms with van der Waals surface area (Å²) in [4.78, 5) is 10.7. The Morgan fingerprint density at radius 3 is 2.32 bits per heavy atom. The van der Waals surface area contributed by atoms with E-state index in [4.69, 9.17) is 31.2 Å². The van der Waals surface area contributed by atoms with Crippen LogP contribution in [-0.4, -0.2) is 23.7 Å². The number of fused-ring (bicyclic) bond motifs is 2. The molecule has 4 unspecified atom stereocenters. The van der Waals surface area contributed by atoms with Gasteiger partial charge < -0.3 is 14.2 Å². The summed E-state index contributed by atoms with van der Waals surface area (Å²) in [5.74, 6) is -2.80. The molecule has 10 nitrogen and oxygen atoms in total. The molecule has 2 aliphatic heterocycles. The third-order valence-electron chi connectivity index (χ3n) is 6.44. The van der Waals surface area contributed by atoms with Crippen LogP contribution in [0.2, 0.25) is 5.02 Å². The van der Waals surface area contributed by atoms with Gasteiger partial charge in [0.2, 0.25) is 17.1 Å². The van der Waals surface area contributed by atoms with Crippen molar-refractivity contribution in [3.05, 3.63) is 68.7 Å². The van der Waals surface area contributed by atoms with Crippen molar-refractivity contribution >= 4 is 23.2 Å². The maximum atomic E-state index is 11.4. The molecule has 0 saturated carbocycles. The van der Waals surface area contributed by atoms with Crippen LogP contribution in [0, 0.1) is 60.3 Å². The number of hydrogen-bond acceptors (Lipinski definition) is 9. The molecular formula is C23H16ClN5O5. The highest BCUT2D eigenvalue weighted by atomic mass is 35.5. The molecule has 1 N–H and O–H groups in total. The molecule has 2 aromatic carbocycles. The predicted octanol–water partition coefficient (Wildman–Crippen LogP) is 4.38. The van der Waals surface area contributed by atoms with Crippen LogP contribution in [0.3, 0.4) is 0 Å². The molecule has 4 atom stereocenters. The van der Waals surface area contributed by atoms with Crippen molar-refractivity contribution < 1.29 is 19.1 Å². The van der Waals surface area contributed by atoms with Crippen molar-refractivity contribution in [2.24, 2.45) is 10.8 Å². The number of nitro benzene ring substituents is 1. The van der Waals surface area contributed by atoms with Gasteiger partial charge >= 0.3 is 0 Å². The highest BCUT2D eigenvalue weighted by Gasteiger charge is 2.80. The lowest BCUT2D eigenvalue weighted by atomic mass is 9.52. The summed E-state index contributed by atoms with van der Waals surface area (Å²) >= 11 is 6.34. The van der Waals surface area contributed by atoms with E-state index in [0.717, 1.165) is 6.07 Å². The molecule has 0 spiro atoms. The maximum Gasteiger partial charge on any atom is 0.269 e. The number of nitriles is 3. The molecule has 0 aliphatic carbocycles. The first kappa shape index (κ1) is 23.0. The molecule has 0 aromatic heterocycles. The molecule has 0 amide bonds. The number of nitrogens with zero attached hydrogens (tertiary/aromatic N) is 4. The predicted molar refractivity (Wildman–Crippen MR) is 117 cm³/mol.